The first-order chi connectivity index (χ1) is 6.25. The molecule has 1 rings (SSSR count). The first-order valence-electron chi connectivity index (χ1n) is 3.84. The summed E-state index contributed by atoms with van der Waals surface area (Å²) in [6.45, 7) is 3.77. The Bertz CT molecular complexity index is 307. The molecule has 1 aromatic rings. The first-order valence-corrected chi connectivity index (χ1v) is 3.84. The van der Waals surface area contributed by atoms with Gasteiger partial charge in [-0.25, -0.2) is 4.39 Å². The van der Waals surface area contributed by atoms with Crippen molar-refractivity contribution in [2.45, 2.75) is 6.42 Å². The van der Waals surface area contributed by atoms with E-state index in [1.807, 2.05) is 0 Å². The Kier molecular flexibility index (Phi) is 10.5. The van der Waals surface area contributed by atoms with Gasteiger partial charge in [0.05, 0.1) is 12.4 Å². The third kappa shape index (κ3) is 5.49. The number of halogens is 3. The van der Waals surface area contributed by atoms with Crippen LogP contribution >= 0.6 is 0 Å². The zero-order valence-corrected chi connectivity index (χ0v) is 11.1. The van der Waals surface area contributed by atoms with E-state index in [2.05, 4.69) is 12.6 Å². The fourth-order valence-electron chi connectivity index (χ4n) is 0.792. The Morgan fingerprint density at radius 1 is 1.40 bits per heavy atom. The SMILES string of the molecule is C=CCCOc1c[c-]cc(F)c1F.[Br-].[Mg+2]. The molecular formula is C10H9BrF2MgO. The maximum Gasteiger partial charge on any atom is 2.00 e. The van der Waals surface area contributed by atoms with Crippen molar-refractivity contribution in [3.63, 3.8) is 0 Å². The normalized spacial score (nSPS) is 8.40. The molecule has 0 bridgehead atoms. The number of rotatable bonds is 4. The van der Waals surface area contributed by atoms with Crippen LogP contribution in [0.1, 0.15) is 6.42 Å². The second-order valence-electron chi connectivity index (χ2n) is 2.41. The van der Waals surface area contributed by atoms with Crippen LogP contribution in [-0.4, -0.2) is 29.7 Å². The van der Waals surface area contributed by atoms with E-state index >= 15 is 0 Å². The van der Waals surface area contributed by atoms with E-state index in [-0.39, 0.29) is 52.4 Å². The average molecular weight is 287 g/mol. The van der Waals surface area contributed by atoms with Crippen LogP contribution in [0.4, 0.5) is 8.78 Å². The van der Waals surface area contributed by atoms with Gasteiger partial charge in [0.2, 0.25) is 0 Å². The van der Waals surface area contributed by atoms with Crippen LogP contribution in [-0.2, 0) is 0 Å². The summed E-state index contributed by atoms with van der Waals surface area (Å²) in [4.78, 5) is 0. The van der Waals surface area contributed by atoms with Gasteiger partial charge < -0.3 is 21.7 Å². The zero-order chi connectivity index (χ0) is 9.68. The van der Waals surface area contributed by atoms with Crippen LogP contribution in [0.3, 0.4) is 0 Å². The van der Waals surface area contributed by atoms with Crippen LogP contribution in [0.15, 0.2) is 24.8 Å². The molecular weight excluding hydrogens is 278 g/mol. The van der Waals surface area contributed by atoms with E-state index in [4.69, 9.17) is 4.74 Å². The van der Waals surface area contributed by atoms with E-state index in [0.29, 0.717) is 6.42 Å². The maximum atomic E-state index is 12.9. The second kappa shape index (κ2) is 9.12. The molecule has 15 heavy (non-hydrogen) atoms. The zero-order valence-electron chi connectivity index (χ0n) is 8.10. The number of ether oxygens (including phenoxy) is 1. The van der Waals surface area contributed by atoms with Crippen molar-refractivity contribution in [1.82, 2.24) is 0 Å². The molecule has 0 saturated carbocycles. The molecule has 0 fully saturated rings. The predicted molar refractivity (Wildman–Crippen MR) is 51.3 cm³/mol. The molecule has 0 aliphatic carbocycles. The summed E-state index contributed by atoms with van der Waals surface area (Å²) in [5, 5.41) is 0. The van der Waals surface area contributed by atoms with E-state index < -0.39 is 11.6 Å². The van der Waals surface area contributed by atoms with Crippen molar-refractivity contribution in [2.24, 2.45) is 0 Å². The number of benzene rings is 1. The van der Waals surface area contributed by atoms with Gasteiger partial charge in [0, 0.05) is 11.6 Å². The topological polar surface area (TPSA) is 9.23 Å². The van der Waals surface area contributed by atoms with Crippen molar-refractivity contribution >= 4 is 23.1 Å². The average Bonchev–Trinajstić information content (AvgIpc) is 2.13. The summed E-state index contributed by atoms with van der Waals surface area (Å²) >= 11 is 0. The molecule has 78 valence electrons. The summed E-state index contributed by atoms with van der Waals surface area (Å²) in [5.41, 5.74) is 0. The van der Waals surface area contributed by atoms with Crippen molar-refractivity contribution < 1.29 is 30.5 Å². The molecule has 5 heteroatoms. The van der Waals surface area contributed by atoms with Crippen LogP contribution in [0.2, 0.25) is 0 Å². The smallest absolute Gasteiger partial charge is 1.00 e. The summed E-state index contributed by atoms with van der Waals surface area (Å²) in [5.74, 6) is -2.03. The van der Waals surface area contributed by atoms with Crippen LogP contribution in [0.5, 0.6) is 5.75 Å². The van der Waals surface area contributed by atoms with Crippen molar-refractivity contribution in [3.05, 3.63) is 42.5 Å². The Labute approximate surface area is 114 Å². The molecule has 0 unspecified atom stereocenters. The van der Waals surface area contributed by atoms with Gasteiger partial charge in [-0.3, -0.25) is 4.39 Å². The van der Waals surface area contributed by atoms with Gasteiger partial charge in [-0.15, -0.1) is 18.7 Å². The minimum atomic E-state index is -0.970. The predicted octanol–water partition coefficient (Wildman–Crippen LogP) is -0.657. The Hall–Kier alpha value is -0.134. The minimum absolute atomic E-state index is 0. The molecule has 0 amide bonds. The molecule has 1 nitrogen and oxygen atoms in total. The minimum Gasteiger partial charge on any atom is -1.00 e. The fourth-order valence-corrected chi connectivity index (χ4v) is 0.792. The molecule has 0 atom stereocenters. The quantitative estimate of drug-likeness (QED) is 0.309. The molecule has 0 aromatic heterocycles. The van der Waals surface area contributed by atoms with Crippen LogP contribution < -0.4 is 21.7 Å². The van der Waals surface area contributed by atoms with Crippen molar-refractivity contribution in [1.29, 1.82) is 0 Å². The summed E-state index contributed by atoms with van der Waals surface area (Å²) < 4.78 is 30.4. The fraction of sp³-hybridized carbons (Fsp3) is 0.200. The molecule has 0 radical (unpaired) electrons. The molecule has 0 spiro atoms. The summed E-state index contributed by atoms with van der Waals surface area (Å²) in [7, 11) is 0. The van der Waals surface area contributed by atoms with Gasteiger partial charge in [0.1, 0.15) is 0 Å². The largest absolute Gasteiger partial charge is 2.00 e. The molecule has 1 aromatic carbocycles. The van der Waals surface area contributed by atoms with E-state index in [0.717, 1.165) is 6.07 Å². The number of hydrogen-bond acceptors (Lipinski definition) is 1. The third-order valence-electron chi connectivity index (χ3n) is 1.43. The van der Waals surface area contributed by atoms with Crippen molar-refractivity contribution in [2.75, 3.05) is 6.61 Å². The molecule has 0 N–H and O–H groups in total. The van der Waals surface area contributed by atoms with Gasteiger partial charge in [-0.05, 0) is 6.42 Å². The van der Waals surface area contributed by atoms with Gasteiger partial charge in [-0.1, -0.05) is 6.08 Å². The molecule has 0 saturated heterocycles. The van der Waals surface area contributed by atoms with E-state index in [1.165, 1.54) is 6.07 Å². The van der Waals surface area contributed by atoms with Gasteiger partial charge >= 0.3 is 23.1 Å². The molecule has 0 heterocycles. The molecule has 0 aliphatic rings. The summed E-state index contributed by atoms with van der Waals surface area (Å²) in [6, 6.07) is 4.62. The first kappa shape index (κ1) is 17.3. The monoisotopic (exact) mass is 286 g/mol. The Morgan fingerprint density at radius 2 is 2.07 bits per heavy atom. The van der Waals surface area contributed by atoms with Gasteiger partial charge in [-0.2, -0.15) is 6.07 Å². The van der Waals surface area contributed by atoms with Crippen LogP contribution in [0.25, 0.3) is 0 Å². The van der Waals surface area contributed by atoms with Crippen molar-refractivity contribution in [3.8, 4) is 5.75 Å². The van der Waals surface area contributed by atoms with Crippen LogP contribution in [0, 0.1) is 17.7 Å². The molecule has 0 aliphatic heterocycles. The maximum absolute atomic E-state index is 12.9. The van der Waals surface area contributed by atoms with Gasteiger partial charge in [0.15, 0.2) is 0 Å². The van der Waals surface area contributed by atoms with Gasteiger partial charge in [0.25, 0.3) is 0 Å². The number of hydrogen-bond donors (Lipinski definition) is 0. The second-order valence-corrected chi connectivity index (χ2v) is 2.41. The Morgan fingerprint density at radius 3 is 2.67 bits per heavy atom. The third-order valence-corrected chi connectivity index (χ3v) is 1.43. The summed E-state index contributed by atoms with van der Waals surface area (Å²) in [6.07, 6.45) is 2.23. The van der Waals surface area contributed by atoms with E-state index in [9.17, 15) is 8.78 Å². The standard InChI is InChI=1S/C10H9F2O.BrH.Mg/c1-2-3-7-13-9-6-4-5-8(11)10(9)12;;/h2,5-6H,1,3,7H2;1H;/q-1;;+2/p-1. The Balaban J connectivity index is 0. The van der Waals surface area contributed by atoms with E-state index in [1.54, 1.807) is 6.08 Å².